The van der Waals surface area contributed by atoms with E-state index in [2.05, 4.69) is 83.1 Å². The topological polar surface area (TPSA) is 71.1 Å². The normalized spacial score (nSPS) is 17.3. The van der Waals surface area contributed by atoms with Crippen molar-refractivity contribution in [3.05, 3.63) is 0 Å². The molecule has 0 saturated heterocycles. The minimum absolute atomic E-state index is 0.159. The zero-order chi connectivity index (χ0) is 26.6. The Bertz CT molecular complexity index is 489. The molecule has 34 heavy (non-hydrogen) atoms. The Hall–Kier alpha value is -1.46. The smallest absolute Gasteiger partial charge is 0.428 e. The molecule has 0 rings (SSSR count). The van der Waals surface area contributed by atoms with Crippen LogP contribution in [0.2, 0.25) is 0 Å². The van der Waals surface area contributed by atoms with Crippen molar-refractivity contribution in [3.63, 3.8) is 0 Å². The van der Waals surface area contributed by atoms with Crippen LogP contribution in [0.3, 0.4) is 0 Å². The number of carbonyl (C=O) groups excluding carboxylic acids is 2. The predicted molar refractivity (Wildman–Crippen MR) is 137 cm³/mol. The molecule has 0 aliphatic heterocycles. The Kier molecular flexibility index (Phi) is 15.6. The second-order valence-electron chi connectivity index (χ2n) is 12.3. The minimum Gasteiger partial charge on any atom is -0.428 e. The molecule has 0 fully saturated rings. The van der Waals surface area contributed by atoms with Gasteiger partial charge in [0.05, 0.1) is 0 Å². The van der Waals surface area contributed by atoms with Gasteiger partial charge in [-0.3, -0.25) is 0 Å². The van der Waals surface area contributed by atoms with Gasteiger partial charge < -0.3 is 9.47 Å². The Morgan fingerprint density at radius 2 is 0.647 bits per heavy atom. The van der Waals surface area contributed by atoms with Crippen molar-refractivity contribution in [3.8, 4) is 0 Å². The van der Waals surface area contributed by atoms with Gasteiger partial charge in [-0.1, -0.05) is 83.1 Å². The molecule has 0 amide bonds. The highest BCUT2D eigenvalue weighted by molar-refractivity contribution is 5.63. The molecule has 6 nitrogen and oxygen atoms in total. The van der Waals surface area contributed by atoms with E-state index in [1.807, 2.05) is 0 Å². The first-order valence-corrected chi connectivity index (χ1v) is 13.4. The molecule has 0 heterocycles. The number of rotatable bonds is 14. The Balaban J connectivity index is 5.08. The van der Waals surface area contributed by atoms with E-state index in [1.54, 1.807) is 0 Å². The van der Waals surface area contributed by atoms with Gasteiger partial charge in [-0.05, 0) is 73.0 Å². The summed E-state index contributed by atoms with van der Waals surface area (Å²) in [4.78, 5) is 34.3. The van der Waals surface area contributed by atoms with Crippen molar-refractivity contribution >= 4 is 12.3 Å². The molecule has 0 aromatic rings. The van der Waals surface area contributed by atoms with Crippen molar-refractivity contribution in [2.24, 2.45) is 47.3 Å². The molecule has 0 spiro atoms. The van der Waals surface area contributed by atoms with Crippen molar-refractivity contribution in [2.45, 2.75) is 121 Å². The number of ether oxygens (including phenoxy) is 2. The standard InChI is InChI=1S/C28H54O6/c1-17(2)13-21(9)25(22(10)14-18(3)4)31-27(29)33-34-28(30)32-26(23(11)15-19(5)6)24(12)16-20(7)8/h17-26H,13-16H2,1-12H3. The zero-order valence-corrected chi connectivity index (χ0v) is 24.1. The minimum atomic E-state index is -1.00. The van der Waals surface area contributed by atoms with Crippen molar-refractivity contribution in [2.75, 3.05) is 0 Å². The quantitative estimate of drug-likeness (QED) is 0.139. The molecule has 0 radical (unpaired) electrons. The number of hydrogen-bond donors (Lipinski definition) is 0. The summed E-state index contributed by atoms with van der Waals surface area (Å²) in [7, 11) is 0. The summed E-state index contributed by atoms with van der Waals surface area (Å²) in [5.41, 5.74) is 0. The molecule has 4 atom stereocenters. The summed E-state index contributed by atoms with van der Waals surface area (Å²) in [5, 5.41) is 0. The van der Waals surface area contributed by atoms with E-state index in [9.17, 15) is 9.59 Å². The molecule has 202 valence electrons. The summed E-state index contributed by atoms with van der Waals surface area (Å²) >= 11 is 0. The molecule has 0 saturated carbocycles. The van der Waals surface area contributed by atoms with E-state index in [-0.39, 0.29) is 35.9 Å². The highest BCUT2D eigenvalue weighted by atomic mass is 17.3. The maximum atomic E-state index is 12.4. The molecular weight excluding hydrogens is 432 g/mol. The van der Waals surface area contributed by atoms with Gasteiger partial charge in [-0.2, -0.15) is 19.4 Å². The average Bonchev–Trinajstić information content (AvgIpc) is 2.66. The van der Waals surface area contributed by atoms with Crippen LogP contribution in [0.4, 0.5) is 9.59 Å². The van der Waals surface area contributed by atoms with Gasteiger partial charge in [0.2, 0.25) is 0 Å². The third kappa shape index (κ3) is 14.1. The Morgan fingerprint density at radius 3 is 0.824 bits per heavy atom. The molecule has 0 aliphatic rings. The molecule has 0 aromatic carbocycles. The fraction of sp³-hybridized carbons (Fsp3) is 0.929. The molecule has 0 bridgehead atoms. The average molecular weight is 487 g/mol. The SMILES string of the molecule is CC(C)CC(C)C(OC(=O)OOC(=O)OC(C(C)CC(C)C)C(C)CC(C)C)C(C)CC(C)C. The van der Waals surface area contributed by atoms with Crippen LogP contribution in [-0.4, -0.2) is 24.5 Å². The second-order valence-corrected chi connectivity index (χ2v) is 12.3. The first kappa shape index (κ1) is 32.5. The van der Waals surface area contributed by atoms with Gasteiger partial charge in [-0.15, -0.1) is 0 Å². The lowest BCUT2D eigenvalue weighted by Gasteiger charge is -2.31. The van der Waals surface area contributed by atoms with Crippen LogP contribution in [0.15, 0.2) is 0 Å². The van der Waals surface area contributed by atoms with Gasteiger partial charge in [0.1, 0.15) is 12.2 Å². The lowest BCUT2D eigenvalue weighted by Crippen LogP contribution is -2.35. The van der Waals surface area contributed by atoms with Gasteiger partial charge in [-0.25, -0.2) is 0 Å². The molecule has 0 aromatic heterocycles. The molecular formula is C28H54O6. The molecule has 4 unspecified atom stereocenters. The van der Waals surface area contributed by atoms with Gasteiger partial charge >= 0.3 is 12.3 Å². The van der Waals surface area contributed by atoms with Crippen LogP contribution < -0.4 is 0 Å². The summed E-state index contributed by atoms with van der Waals surface area (Å²) in [6.45, 7) is 25.5. The summed E-state index contributed by atoms with van der Waals surface area (Å²) < 4.78 is 11.3. The highest BCUT2D eigenvalue weighted by Crippen LogP contribution is 2.29. The summed E-state index contributed by atoms with van der Waals surface area (Å²) in [5.74, 6) is 2.55. The zero-order valence-electron chi connectivity index (χ0n) is 24.1. The fourth-order valence-electron chi connectivity index (χ4n) is 5.43. The van der Waals surface area contributed by atoms with E-state index in [4.69, 9.17) is 19.2 Å². The maximum Gasteiger partial charge on any atom is 0.550 e. The number of carbonyl (C=O) groups is 2. The number of hydrogen-bond acceptors (Lipinski definition) is 6. The maximum absolute atomic E-state index is 12.4. The van der Waals surface area contributed by atoms with Crippen LogP contribution in [0.5, 0.6) is 0 Å². The van der Waals surface area contributed by atoms with E-state index < -0.39 is 12.3 Å². The third-order valence-electron chi connectivity index (χ3n) is 6.26. The van der Waals surface area contributed by atoms with Crippen molar-refractivity contribution in [1.29, 1.82) is 0 Å². The molecule has 6 heteroatoms. The largest absolute Gasteiger partial charge is 0.550 e. The van der Waals surface area contributed by atoms with Gasteiger partial charge in [0, 0.05) is 0 Å². The lowest BCUT2D eigenvalue weighted by molar-refractivity contribution is -0.231. The van der Waals surface area contributed by atoms with Gasteiger partial charge in [0.15, 0.2) is 0 Å². The first-order valence-electron chi connectivity index (χ1n) is 13.4. The van der Waals surface area contributed by atoms with Gasteiger partial charge in [0.25, 0.3) is 0 Å². The second kappa shape index (κ2) is 16.3. The van der Waals surface area contributed by atoms with Crippen LogP contribution in [-0.2, 0) is 19.2 Å². The van der Waals surface area contributed by atoms with E-state index >= 15 is 0 Å². The van der Waals surface area contributed by atoms with E-state index in [0.29, 0.717) is 23.7 Å². The third-order valence-corrected chi connectivity index (χ3v) is 6.26. The monoisotopic (exact) mass is 486 g/mol. The highest BCUT2D eigenvalue weighted by Gasteiger charge is 2.32. The lowest BCUT2D eigenvalue weighted by atomic mass is 9.83. The van der Waals surface area contributed by atoms with Crippen LogP contribution in [0, 0.1) is 47.3 Å². The predicted octanol–water partition coefficient (Wildman–Crippen LogP) is 8.67. The summed E-state index contributed by atoms with van der Waals surface area (Å²) in [6, 6.07) is 0. The summed E-state index contributed by atoms with van der Waals surface area (Å²) in [6.07, 6.45) is 1.05. The van der Waals surface area contributed by atoms with Crippen molar-refractivity contribution < 1.29 is 28.8 Å². The van der Waals surface area contributed by atoms with E-state index in [0.717, 1.165) is 25.7 Å². The van der Waals surface area contributed by atoms with Crippen LogP contribution in [0.1, 0.15) is 109 Å². The van der Waals surface area contributed by atoms with Crippen molar-refractivity contribution in [1.82, 2.24) is 0 Å². The fourth-order valence-corrected chi connectivity index (χ4v) is 5.43. The molecule has 0 N–H and O–H groups in total. The Labute approximate surface area is 209 Å². The van der Waals surface area contributed by atoms with E-state index in [1.165, 1.54) is 0 Å². The Morgan fingerprint density at radius 1 is 0.441 bits per heavy atom. The molecule has 0 aliphatic carbocycles. The first-order chi connectivity index (χ1) is 15.6. The van der Waals surface area contributed by atoms with Crippen LogP contribution >= 0.6 is 0 Å². The van der Waals surface area contributed by atoms with Crippen LogP contribution in [0.25, 0.3) is 0 Å².